The van der Waals surface area contributed by atoms with Crippen LogP contribution in [0.1, 0.15) is 29.7 Å². The molecule has 0 bridgehead atoms. The number of Topliss-reactive ketones (excluding diaryl/α,β-unsaturated/α-hetero) is 1. The third-order valence-electron chi connectivity index (χ3n) is 5.17. The molecule has 1 aromatic heterocycles. The number of ketones is 1. The molecule has 6 nitrogen and oxygen atoms in total. The number of nitrogens with zero attached hydrogens (tertiary/aromatic N) is 2. The molecule has 1 aliphatic rings. The van der Waals surface area contributed by atoms with Crippen LogP contribution in [0.5, 0.6) is 5.75 Å². The molecule has 6 heteroatoms. The highest BCUT2D eigenvalue weighted by molar-refractivity contribution is 6.46. The van der Waals surface area contributed by atoms with Crippen molar-refractivity contribution in [1.29, 1.82) is 0 Å². The minimum Gasteiger partial charge on any atom is -0.507 e. The summed E-state index contributed by atoms with van der Waals surface area (Å²) < 4.78 is 5.62. The average molecular weight is 414 g/mol. The van der Waals surface area contributed by atoms with Crippen LogP contribution in [-0.2, 0) is 16.1 Å². The normalized spacial score (nSPS) is 17.7. The van der Waals surface area contributed by atoms with Crippen LogP contribution >= 0.6 is 0 Å². The maximum Gasteiger partial charge on any atom is 0.295 e. The van der Waals surface area contributed by atoms with E-state index < -0.39 is 17.7 Å². The Balaban J connectivity index is 1.86. The van der Waals surface area contributed by atoms with Gasteiger partial charge in [-0.1, -0.05) is 42.5 Å². The molecule has 0 aliphatic carbocycles. The van der Waals surface area contributed by atoms with Crippen molar-refractivity contribution in [2.45, 2.75) is 19.5 Å². The second-order valence-corrected chi connectivity index (χ2v) is 7.15. The Hall–Kier alpha value is -3.93. The van der Waals surface area contributed by atoms with Crippen molar-refractivity contribution in [3.05, 3.63) is 101 Å². The molecule has 2 aromatic carbocycles. The summed E-state index contributed by atoms with van der Waals surface area (Å²) in [6.45, 7) is 2.59. The standard InChI is InChI=1S/C25H22N2O4/c1-2-31-20-10-6-9-19(15-20)22-21(23(28)18-7-4-3-5-8-18)24(29)25(30)27(22)16-17-11-13-26-14-12-17/h3-15,22,28H,2,16H2,1H3. The van der Waals surface area contributed by atoms with Gasteiger partial charge in [0.05, 0.1) is 18.2 Å². The Morgan fingerprint density at radius 3 is 2.48 bits per heavy atom. The van der Waals surface area contributed by atoms with Gasteiger partial charge in [0, 0.05) is 24.5 Å². The zero-order valence-corrected chi connectivity index (χ0v) is 17.1. The molecule has 1 fully saturated rings. The van der Waals surface area contributed by atoms with Crippen molar-refractivity contribution in [3.8, 4) is 5.75 Å². The molecule has 1 aliphatic heterocycles. The summed E-state index contributed by atoms with van der Waals surface area (Å²) in [7, 11) is 0. The van der Waals surface area contributed by atoms with Crippen molar-refractivity contribution < 1.29 is 19.4 Å². The number of rotatable bonds is 6. The molecule has 0 spiro atoms. The molecule has 4 rings (SSSR count). The van der Waals surface area contributed by atoms with Crippen LogP contribution in [0.2, 0.25) is 0 Å². The first-order valence-electron chi connectivity index (χ1n) is 10.1. The summed E-state index contributed by atoms with van der Waals surface area (Å²) in [5.41, 5.74) is 2.08. The van der Waals surface area contributed by atoms with Crippen LogP contribution in [0.15, 0.2) is 84.7 Å². The lowest BCUT2D eigenvalue weighted by atomic mass is 9.95. The predicted molar refractivity (Wildman–Crippen MR) is 116 cm³/mol. The number of aliphatic hydroxyl groups is 1. The quantitative estimate of drug-likeness (QED) is 0.373. The van der Waals surface area contributed by atoms with Gasteiger partial charge < -0.3 is 14.7 Å². The van der Waals surface area contributed by atoms with E-state index in [2.05, 4.69) is 4.98 Å². The number of hydrogen-bond acceptors (Lipinski definition) is 5. The predicted octanol–water partition coefficient (Wildman–Crippen LogP) is 4.10. The largest absolute Gasteiger partial charge is 0.507 e. The van der Waals surface area contributed by atoms with Crippen LogP contribution < -0.4 is 4.74 Å². The van der Waals surface area contributed by atoms with Crippen molar-refractivity contribution in [2.75, 3.05) is 6.61 Å². The number of hydrogen-bond donors (Lipinski definition) is 1. The van der Waals surface area contributed by atoms with E-state index in [-0.39, 0.29) is 17.9 Å². The van der Waals surface area contributed by atoms with E-state index in [1.807, 2.05) is 31.2 Å². The average Bonchev–Trinajstić information content (AvgIpc) is 3.05. The minimum atomic E-state index is -0.742. The molecule has 1 atom stereocenters. The van der Waals surface area contributed by atoms with Gasteiger partial charge >= 0.3 is 0 Å². The van der Waals surface area contributed by atoms with E-state index in [1.54, 1.807) is 54.9 Å². The zero-order chi connectivity index (χ0) is 21.8. The first-order chi connectivity index (χ1) is 15.1. The van der Waals surface area contributed by atoms with Gasteiger partial charge in [0.15, 0.2) is 0 Å². The Morgan fingerprint density at radius 2 is 1.77 bits per heavy atom. The van der Waals surface area contributed by atoms with Gasteiger partial charge in [0.1, 0.15) is 11.5 Å². The van der Waals surface area contributed by atoms with Crippen LogP contribution in [0.3, 0.4) is 0 Å². The molecular weight excluding hydrogens is 392 g/mol. The summed E-state index contributed by atoms with van der Waals surface area (Å²) in [5.74, 6) is -0.916. The number of aromatic nitrogens is 1. The van der Waals surface area contributed by atoms with Gasteiger partial charge in [-0.05, 0) is 42.3 Å². The van der Waals surface area contributed by atoms with E-state index in [0.29, 0.717) is 23.5 Å². The smallest absolute Gasteiger partial charge is 0.295 e. The number of pyridine rings is 1. The van der Waals surface area contributed by atoms with Gasteiger partial charge in [0.2, 0.25) is 0 Å². The minimum absolute atomic E-state index is 0.0684. The Labute approximate surface area is 180 Å². The third kappa shape index (κ3) is 4.05. The van der Waals surface area contributed by atoms with Crippen molar-refractivity contribution >= 4 is 17.4 Å². The molecular formula is C25H22N2O4. The SMILES string of the molecule is CCOc1cccc(C2C(=C(O)c3ccccc3)C(=O)C(=O)N2Cc2ccncc2)c1. The molecule has 1 saturated heterocycles. The fraction of sp³-hybridized carbons (Fsp3) is 0.160. The number of benzene rings is 2. The van der Waals surface area contributed by atoms with Gasteiger partial charge in [-0.15, -0.1) is 0 Å². The Bertz CT molecular complexity index is 1130. The molecule has 1 amide bonds. The van der Waals surface area contributed by atoms with E-state index in [0.717, 1.165) is 5.56 Å². The zero-order valence-electron chi connectivity index (χ0n) is 17.1. The summed E-state index contributed by atoms with van der Waals surface area (Å²) in [4.78, 5) is 31.6. The van der Waals surface area contributed by atoms with Crippen LogP contribution in [0.25, 0.3) is 5.76 Å². The van der Waals surface area contributed by atoms with Gasteiger partial charge in [-0.25, -0.2) is 0 Å². The van der Waals surface area contributed by atoms with E-state index in [9.17, 15) is 14.7 Å². The highest BCUT2D eigenvalue weighted by Gasteiger charge is 2.46. The summed E-state index contributed by atoms with van der Waals surface area (Å²) in [6, 6.07) is 18.9. The van der Waals surface area contributed by atoms with Crippen molar-refractivity contribution in [2.24, 2.45) is 0 Å². The van der Waals surface area contributed by atoms with E-state index >= 15 is 0 Å². The molecule has 3 aromatic rings. The molecule has 1 N–H and O–H groups in total. The fourth-order valence-corrected chi connectivity index (χ4v) is 3.77. The lowest BCUT2D eigenvalue weighted by Crippen LogP contribution is -2.29. The number of carbonyl (C=O) groups is 2. The molecule has 0 radical (unpaired) electrons. The monoisotopic (exact) mass is 414 g/mol. The number of amides is 1. The number of aliphatic hydroxyl groups excluding tert-OH is 1. The first-order valence-corrected chi connectivity index (χ1v) is 10.1. The highest BCUT2D eigenvalue weighted by atomic mass is 16.5. The molecule has 31 heavy (non-hydrogen) atoms. The van der Waals surface area contributed by atoms with Crippen molar-refractivity contribution in [3.63, 3.8) is 0 Å². The maximum atomic E-state index is 13.1. The highest BCUT2D eigenvalue weighted by Crippen LogP contribution is 2.41. The van der Waals surface area contributed by atoms with Gasteiger partial charge in [-0.3, -0.25) is 14.6 Å². The Morgan fingerprint density at radius 1 is 1.03 bits per heavy atom. The second-order valence-electron chi connectivity index (χ2n) is 7.15. The first kappa shape index (κ1) is 20.3. The lowest BCUT2D eigenvalue weighted by Gasteiger charge is -2.25. The number of likely N-dealkylation sites (tertiary alicyclic amines) is 1. The third-order valence-corrected chi connectivity index (χ3v) is 5.17. The fourth-order valence-electron chi connectivity index (χ4n) is 3.77. The van der Waals surface area contributed by atoms with E-state index in [1.165, 1.54) is 4.90 Å². The van der Waals surface area contributed by atoms with Gasteiger partial charge in [-0.2, -0.15) is 0 Å². The molecule has 156 valence electrons. The second kappa shape index (κ2) is 8.83. The Kier molecular flexibility index (Phi) is 5.80. The molecule has 0 saturated carbocycles. The molecule has 2 heterocycles. The summed E-state index contributed by atoms with van der Waals surface area (Å²) in [5, 5.41) is 11.0. The number of ether oxygens (including phenoxy) is 1. The van der Waals surface area contributed by atoms with Crippen LogP contribution in [-0.4, -0.2) is 33.3 Å². The van der Waals surface area contributed by atoms with Crippen molar-refractivity contribution in [1.82, 2.24) is 9.88 Å². The molecule has 1 unspecified atom stereocenters. The van der Waals surface area contributed by atoms with Gasteiger partial charge in [0.25, 0.3) is 11.7 Å². The topological polar surface area (TPSA) is 79.7 Å². The lowest BCUT2D eigenvalue weighted by molar-refractivity contribution is -0.140. The van der Waals surface area contributed by atoms with Crippen LogP contribution in [0, 0.1) is 0 Å². The number of carbonyl (C=O) groups excluding carboxylic acids is 2. The summed E-state index contributed by atoms with van der Waals surface area (Å²) in [6.07, 6.45) is 3.28. The van der Waals surface area contributed by atoms with E-state index in [4.69, 9.17) is 4.74 Å². The maximum absolute atomic E-state index is 13.1. The summed E-state index contributed by atoms with van der Waals surface area (Å²) >= 11 is 0. The van der Waals surface area contributed by atoms with Crippen LogP contribution in [0.4, 0.5) is 0 Å².